The van der Waals surface area contributed by atoms with Crippen LogP contribution in [0.5, 0.6) is 0 Å². The summed E-state index contributed by atoms with van der Waals surface area (Å²) in [6, 6.07) is 0.632. The lowest BCUT2D eigenvalue weighted by Gasteiger charge is -2.27. The fourth-order valence-electron chi connectivity index (χ4n) is 2.12. The lowest BCUT2D eigenvalue weighted by molar-refractivity contribution is 0.226. The molecular weight excluding hydrogens is 184 g/mol. The first-order valence-corrected chi connectivity index (χ1v) is 6.39. The van der Waals surface area contributed by atoms with Crippen molar-refractivity contribution in [2.45, 2.75) is 45.1 Å². The Morgan fingerprint density at radius 3 is 2.73 bits per heavy atom. The zero-order chi connectivity index (χ0) is 10.9. The molecule has 0 spiro atoms. The van der Waals surface area contributed by atoms with E-state index in [2.05, 4.69) is 23.7 Å². The van der Waals surface area contributed by atoms with Gasteiger partial charge >= 0.3 is 0 Å². The van der Waals surface area contributed by atoms with E-state index in [0.29, 0.717) is 6.04 Å². The van der Waals surface area contributed by atoms with Gasteiger partial charge in [-0.05, 0) is 45.7 Å². The molecule has 0 amide bonds. The van der Waals surface area contributed by atoms with E-state index in [1.54, 1.807) is 0 Å². The maximum Gasteiger partial charge on any atom is 0.0107 e. The molecule has 0 aromatic carbocycles. The van der Waals surface area contributed by atoms with Crippen molar-refractivity contribution in [3.05, 3.63) is 12.7 Å². The van der Waals surface area contributed by atoms with Gasteiger partial charge in [0.2, 0.25) is 0 Å². The predicted molar refractivity (Wildman–Crippen MR) is 67.2 cm³/mol. The van der Waals surface area contributed by atoms with Crippen molar-refractivity contribution < 1.29 is 0 Å². The highest BCUT2D eigenvalue weighted by Crippen LogP contribution is 2.07. The fourth-order valence-corrected chi connectivity index (χ4v) is 2.12. The fraction of sp³-hybridized carbons (Fsp3) is 0.846. The molecule has 1 aliphatic rings. The third-order valence-electron chi connectivity index (χ3n) is 3.17. The molecule has 1 fully saturated rings. The van der Waals surface area contributed by atoms with E-state index in [0.717, 1.165) is 13.0 Å². The number of nitrogens with zero attached hydrogens (tertiary/aromatic N) is 1. The maximum absolute atomic E-state index is 3.75. The van der Waals surface area contributed by atoms with E-state index >= 15 is 0 Å². The van der Waals surface area contributed by atoms with Crippen molar-refractivity contribution in [3.63, 3.8) is 0 Å². The Kier molecular flexibility index (Phi) is 6.69. The summed E-state index contributed by atoms with van der Waals surface area (Å²) in [5.41, 5.74) is 0. The van der Waals surface area contributed by atoms with Crippen LogP contribution in [0, 0.1) is 0 Å². The van der Waals surface area contributed by atoms with Crippen LogP contribution in [-0.2, 0) is 0 Å². The average Bonchev–Trinajstić information content (AvgIpc) is 2.28. The van der Waals surface area contributed by atoms with Gasteiger partial charge in [-0.25, -0.2) is 0 Å². The number of hydrogen-bond acceptors (Lipinski definition) is 2. The molecule has 15 heavy (non-hydrogen) atoms. The molecule has 2 nitrogen and oxygen atoms in total. The lowest BCUT2D eigenvalue weighted by Crippen LogP contribution is -2.38. The smallest absolute Gasteiger partial charge is 0.0107 e. The lowest BCUT2D eigenvalue weighted by atomic mass is 10.1. The van der Waals surface area contributed by atoms with Gasteiger partial charge in [0.15, 0.2) is 0 Å². The van der Waals surface area contributed by atoms with E-state index in [4.69, 9.17) is 0 Å². The first-order valence-electron chi connectivity index (χ1n) is 6.39. The molecule has 0 saturated carbocycles. The second-order valence-corrected chi connectivity index (χ2v) is 4.62. The molecule has 0 aliphatic carbocycles. The molecular formula is C13H26N2. The second kappa shape index (κ2) is 7.89. The normalized spacial score (nSPS) is 20.1. The molecule has 1 rings (SSSR count). The van der Waals surface area contributed by atoms with Gasteiger partial charge in [-0.15, -0.1) is 6.58 Å². The summed E-state index contributed by atoms with van der Waals surface area (Å²) in [5.74, 6) is 0. The highest BCUT2D eigenvalue weighted by atomic mass is 15.1. The quantitative estimate of drug-likeness (QED) is 0.649. The Morgan fingerprint density at radius 2 is 2.07 bits per heavy atom. The van der Waals surface area contributed by atoms with Crippen molar-refractivity contribution in [3.8, 4) is 0 Å². The molecule has 1 N–H and O–H groups in total. The summed E-state index contributed by atoms with van der Waals surface area (Å²) in [4.78, 5) is 2.58. The molecule has 1 heterocycles. The maximum atomic E-state index is 3.75. The summed E-state index contributed by atoms with van der Waals surface area (Å²) < 4.78 is 0. The van der Waals surface area contributed by atoms with E-state index in [9.17, 15) is 0 Å². The summed E-state index contributed by atoms with van der Waals surface area (Å²) in [5, 5.41) is 3.58. The van der Waals surface area contributed by atoms with Gasteiger partial charge in [-0.1, -0.05) is 12.5 Å². The minimum Gasteiger partial charge on any atom is -0.313 e. The van der Waals surface area contributed by atoms with Gasteiger partial charge in [-0.2, -0.15) is 0 Å². The highest BCUT2D eigenvalue weighted by Gasteiger charge is 2.09. The summed E-state index contributed by atoms with van der Waals surface area (Å²) in [6.45, 7) is 11.0. The van der Waals surface area contributed by atoms with Gasteiger partial charge in [0.05, 0.1) is 0 Å². The Labute approximate surface area is 94.7 Å². The van der Waals surface area contributed by atoms with Crippen LogP contribution in [0.15, 0.2) is 12.7 Å². The standard InChI is InChI=1S/C13H26N2/c1-3-4-8-13(2)14-9-12-15-10-6-5-7-11-15/h3,13-14H,1,4-12H2,2H3/t13-/m1/s1. The van der Waals surface area contributed by atoms with Crippen LogP contribution in [0.1, 0.15) is 39.0 Å². The van der Waals surface area contributed by atoms with Crippen molar-refractivity contribution in [2.75, 3.05) is 26.2 Å². The van der Waals surface area contributed by atoms with Crippen LogP contribution < -0.4 is 5.32 Å². The topological polar surface area (TPSA) is 15.3 Å². The Hall–Kier alpha value is -0.340. The largest absolute Gasteiger partial charge is 0.313 e. The van der Waals surface area contributed by atoms with Crippen LogP contribution in [0.4, 0.5) is 0 Å². The Morgan fingerprint density at radius 1 is 1.33 bits per heavy atom. The van der Waals surface area contributed by atoms with E-state index in [1.165, 1.54) is 45.3 Å². The van der Waals surface area contributed by atoms with Gasteiger partial charge < -0.3 is 10.2 Å². The molecule has 1 aliphatic heterocycles. The molecule has 1 atom stereocenters. The van der Waals surface area contributed by atoms with Crippen molar-refractivity contribution in [1.29, 1.82) is 0 Å². The zero-order valence-electron chi connectivity index (χ0n) is 10.2. The SMILES string of the molecule is C=CCC[C@@H](C)NCCN1CCCCC1. The highest BCUT2D eigenvalue weighted by molar-refractivity contribution is 4.72. The van der Waals surface area contributed by atoms with Crippen molar-refractivity contribution >= 4 is 0 Å². The van der Waals surface area contributed by atoms with Crippen molar-refractivity contribution in [1.82, 2.24) is 10.2 Å². The third-order valence-corrected chi connectivity index (χ3v) is 3.17. The first-order chi connectivity index (χ1) is 7.33. The van der Waals surface area contributed by atoms with Gasteiger partial charge in [0.25, 0.3) is 0 Å². The predicted octanol–water partition coefficient (Wildman–Crippen LogP) is 2.42. The monoisotopic (exact) mass is 210 g/mol. The van der Waals surface area contributed by atoms with Crippen LogP contribution in [-0.4, -0.2) is 37.1 Å². The molecule has 2 heteroatoms. The number of nitrogens with one attached hydrogen (secondary N) is 1. The molecule has 0 aromatic heterocycles. The summed E-state index contributed by atoms with van der Waals surface area (Å²) >= 11 is 0. The third kappa shape index (κ3) is 5.95. The molecule has 1 saturated heterocycles. The van der Waals surface area contributed by atoms with Crippen molar-refractivity contribution in [2.24, 2.45) is 0 Å². The minimum absolute atomic E-state index is 0.632. The number of likely N-dealkylation sites (tertiary alicyclic amines) is 1. The summed E-state index contributed by atoms with van der Waals surface area (Å²) in [6.07, 6.45) is 8.56. The number of allylic oxidation sites excluding steroid dienone is 1. The molecule has 0 unspecified atom stereocenters. The number of rotatable bonds is 7. The van der Waals surface area contributed by atoms with Crippen LogP contribution in [0.3, 0.4) is 0 Å². The number of piperidine rings is 1. The Bertz CT molecular complexity index is 162. The summed E-state index contributed by atoms with van der Waals surface area (Å²) in [7, 11) is 0. The molecule has 0 radical (unpaired) electrons. The Balaban J connectivity index is 1.96. The average molecular weight is 210 g/mol. The molecule has 88 valence electrons. The van der Waals surface area contributed by atoms with Gasteiger partial charge in [0, 0.05) is 19.1 Å². The van der Waals surface area contributed by atoms with Crippen LogP contribution in [0.2, 0.25) is 0 Å². The second-order valence-electron chi connectivity index (χ2n) is 4.62. The van der Waals surface area contributed by atoms with Gasteiger partial charge in [0.1, 0.15) is 0 Å². The van der Waals surface area contributed by atoms with E-state index < -0.39 is 0 Å². The first kappa shape index (κ1) is 12.7. The molecule has 0 bridgehead atoms. The van der Waals surface area contributed by atoms with Gasteiger partial charge in [-0.3, -0.25) is 0 Å². The van der Waals surface area contributed by atoms with E-state index in [-0.39, 0.29) is 0 Å². The zero-order valence-corrected chi connectivity index (χ0v) is 10.2. The minimum atomic E-state index is 0.632. The van der Waals surface area contributed by atoms with E-state index in [1.807, 2.05) is 6.08 Å². The van der Waals surface area contributed by atoms with Crippen LogP contribution >= 0.6 is 0 Å². The number of hydrogen-bond donors (Lipinski definition) is 1. The van der Waals surface area contributed by atoms with Crippen LogP contribution in [0.25, 0.3) is 0 Å². The molecule has 0 aromatic rings.